The molecular weight excluding hydrogens is 679 g/mol. The minimum absolute atomic E-state index is 0. The molecule has 0 aliphatic carbocycles. The first-order valence-electron chi connectivity index (χ1n) is 13.4. The standard InChI is InChI=1S/C21H16NO2.C13H24O2.Ir/c1-14-8-15(2)10-17(9-14)24-21-11-18-19(13-23-20(18)12-22-21)16-6-4-3-5-7-16;1-7-12(3,4)10(14)9-11(15)13(5,6)8-2;/h3-9,11-13H,1-2H3;9,14H,7-8H2,1-6H3;/q-1;;/b;10-9-;. The maximum atomic E-state index is 11.8. The van der Waals surface area contributed by atoms with Gasteiger partial charge in [0.05, 0.1) is 12.5 Å². The number of aliphatic hydroxyl groups excluding tert-OH is 1. The molecule has 1 N–H and O–H groups in total. The van der Waals surface area contributed by atoms with Crippen molar-refractivity contribution < 1.29 is 39.2 Å². The monoisotopic (exact) mass is 719 g/mol. The largest absolute Gasteiger partial charge is 0.512 e. The van der Waals surface area contributed by atoms with Crippen LogP contribution in [0, 0.1) is 30.7 Å². The van der Waals surface area contributed by atoms with Crippen molar-refractivity contribution in [1.29, 1.82) is 0 Å². The summed E-state index contributed by atoms with van der Waals surface area (Å²) in [5.41, 5.74) is 4.37. The van der Waals surface area contributed by atoms with E-state index in [1.54, 1.807) is 12.5 Å². The van der Waals surface area contributed by atoms with Crippen molar-refractivity contribution >= 4 is 16.8 Å². The molecule has 2 aromatic heterocycles. The number of aromatic nitrogens is 1. The van der Waals surface area contributed by atoms with Crippen LogP contribution < -0.4 is 4.74 Å². The van der Waals surface area contributed by atoms with E-state index in [1.807, 2.05) is 85.7 Å². The summed E-state index contributed by atoms with van der Waals surface area (Å²) in [6.45, 7) is 15.7. The zero-order valence-electron chi connectivity index (χ0n) is 24.7. The van der Waals surface area contributed by atoms with Crippen LogP contribution in [0.2, 0.25) is 0 Å². The van der Waals surface area contributed by atoms with E-state index in [-0.39, 0.29) is 42.5 Å². The Kier molecular flexibility index (Phi) is 11.5. The Morgan fingerprint density at radius 2 is 1.68 bits per heavy atom. The molecule has 0 unspecified atom stereocenters. The molecule has 0 bridgehead atoms. The third-order valence-corrected chi connectivity index (χ3v) is 7.25. The predicted octanol–water partition coefficient (Wildman–Crippen LogP) is 9.57. The van der Waals surface area contributed by atoms with E-state index in [0.717, 1.165) is 46.1 Å². The Hall–Kier alpha value is -3.21. The Morgan fingerprint density at radius 3 is 2.27 bits per heavy atom. The number of fused-ring (bicyclic) bond motifs is 1. The second kappa shape index (κ2) is 13.9. The average Bonchev–Trinajstić information content (AvgIpc) is 3.32. The molecule has 4 rings (SSSR count). The van der Waals surface area contributed by atoms with Gasteiger partial charge < -0.3 is 14.3 Å². The van der Waals surface area contributed by atoms with Crippen molar-refractivity contribution in [3.63, 3.8) is 0 Å². The quantitative estimate of drug-likeness (QED) is 0.112. The van der Waals surface area contributed by atoms with Crippen molar-refractivity contribution in [2.75, 3.05) is 0 Å². The normalized spacial score (nSPS) is 11.8. The second-order valence-electron chi connectivity index (χ2n) is 11.2. The Bertz CT molecular complexity index is 1430. The molecule has 215 valence electrons. The van der Waals surface area contributed by atoms with Gasteiger partial charge in [0, 0.05) is 59.8 Å². The SMILES string of the molecule is CCC(C)(C)C(=O)/C=C(\O)C(C)(C)CC.Cc1[c-]c(Oc2cc3c(-c4ccccc4)coc3cn2)cc(C)c1.[Ir]. The smallest absolute Gasteiger partial charge is 0.217 e. The van der Waals surface area contributed by atoms with Crippen molar-refractivity contribution in [2.45, 2.75) is 68.2 Å². The first kappa shape index (κ1) is 33.0. The van der Waals surface area contributed by atoms with Crippen molar-refractivity contribution in [2.24, 2.45) is 10.8 Å². The molecule has 0 spiro atoms. The fourth-order valence-electron chi connectivity index (χ4n) is 3.71. The van der Waals surface area contributed by atoms with Gasteiger partial charge in [-0.2, -0.15) is 17.2 Å². The van der Waals surface area contributed by atoms with E-state index in [4.69, 9.17) is 9.15 Å². The van der Waals surface area contributed by atoms with E-state index < -0.39 is 0 Å². The zero-order valence-corrected chi connectivity index (χ0v) is 27.1. The molecule has 0 aliphatic rings. The van der Waals surface area contributed by atoms with Gasteiger partial charge in [-0.15, -0.1) is 12.1 Å². The number of aryl methyl sites for hydroxylation is 2. The fourth-order valence-corrected chi connectivity index (χ4v) is 3.71. The van der Waals surface area contributed by atoms with Gasteiger partial charge in [0.1, 0.15) is 5.76 Å². The molecule has 1 radical (unpaired) electrons. The van der Waals surface area contributed by atoms with Crippen LogP contribution in [0.5, 0.6) is 11.6 Å². The number of aliphatic hydroxyl groups is 1. The molecule has 0 amide bonds. The molecule has 0 atom stereocenters. The summed E-state index contributed by atoms with van der Waals surface area (Å²) in [6.07, 6.45) is 6.44. The van der Waals surface area contributed by atoms with Crippen LogP contribution in [0.3, 0.4) is 0 Å². The second-order valence-corrected chi connectivity index (χ2v) is 11.2. The van der Waals surface area contributed by atoms with Gasteiger partial charge in [-0.3, -0.25) is 4.79 Å². The Labute approximate surface area is 252 Å². The number of hydrogen-bond donors (Lipinski definition) is 1. The number of furan rings is 1. The van der Waals surface area contributed by atoms with E-state index in [9.17, 15) is 9.90 Å². The van der Waals surface area contributed by atoms with Gasteiger partial charge in [-0.05, 0) is 18.4 Å². The van der Waals surface area contributed by atoms with Gasteiger partial charge >= 0.3 is 0 Å². The van der Waals surface area contributed by atoms with Gasteiger partial charge in [0.25, 0.3) is 0 Å². The molecular formula is C34H40IrNO4-. The number of pyridine rings is 1. The first-order valence-corrected chi connectivity index (χ1v) is 13.4. The first-order chi connectivity index (χ1) is 18.4. The zero-order chi connectivity index (χ0) is 28.8. The third-order valence-electron chi connectivity index (χ3n) is 7.25. The van der Waals surface area contributed by atoms with Crippen LogP contribution in [-0.4, -0.2) is 15.9 Å². The number of nitrogens with zero attached hydrogens (tertiary/aromatic N) is 1. The van der Waals surface area contributed by atoms with Crippen LogP contribution >= 0.6 is 0 Å². The van der Waals surface area contributed by atoms with Gasteiger partial charge in [0.2, 0.25) is 5.88 Å². The Balaban J connectivity index is 0.000000307. The van der Waals surface area contributed by atoms with E-state index in [2.05, 4.69) is 29.2 Å². The molecule has 0 saturated heterocycles. The van der Waals surface area contributed by atoms with Gasteiger partial charge in [-0.25, -0.2) is 4.98 Å². The molecule has 40 heavy (non-hydrogen) atoms. The van der Waals surface area contributed by atoms with Crippen LogP contribution in [0.15, 0.2) is 77.2 Å². The minimum Gasteiger partial charge on any atom is -0.512 e. The van der Waals surface area contributed by atoms with Gasteiger partial charge in [0.15, 0.2) is 11.4 Å². The molecule has 0 fully saturated rings. The van der Waals surface area contributed by atoms with Crippen LogP contribution in [-0.2, 0) is 24.9 Å². The maximum Gasteiger partial charge on any atom is 0.217 e. The van der Waals surface area contributed by atoms with E-state index in [1.165, 1.54) is 6.08 Å². The summed E-state index contributed by atoms with van der Waals surface area (Å²) in [5, 5.41) is 10.8. The summed E-state index contributed by atoms with van der Waals surface area (Å²) in [7, 11) is 0. The van der Waals surface area contributed by atoms with Crippen molar-refractivity contribution in [3.8, 4) is 22.8 Å². The number of benzene rings is 2. The molecule has 6 heteroatoms. The van der Waals surface area contributed by atoms with Crippen LogP contribution in [0.4, 0.5) is 0 Å². The number of carbonyl (C=O) groups is 1. The van der Waals surface area contributed by atoms with Crippen molar-refractivity contribution in [3.05, 3.63) is 90.0 Å². The fraction of sp³-hybridized carbons (Fsp3) is 0.353. The maximum absolute atomic E-state index is 11.8. The number of allylic oxidation sites excluding steroid dienone is 2. The number of carbonyl (C=O) groups excluding carboxylic acids is 1. The molecule has 2 heterocycles. The summed E-state index contributed by atoms with van der Waals surface area (Å²) in [5.74, 6) is 1.40. The topological polar surface area (TPSA) is 72.6 Å². The van der Waals surface area contributed by atoms with Gasteiger partial charge in [-0.1, -0.05) is 85.7 Å². The third kappa shape index (κ3) is 8.39. The number of ether oxygens (including phenoxy) is 1. The van der Waals surface area contributed by atoms with E-state index in [0.29, 0.717) is 11.6 Å². The molecule has 0 saturated carbocycles. The van der Waals surface area contributed by atoms with Crippen LogP contribution in [0.25, 0.3) is 22.1 Å². The average molecular weight is 719 g/mol. The summed E-state index contributed by atoms with van der Waals surface area (Å²) in [4.78, 5) is 16.2. The summed E-state index contributed by atoms with van der Waals surface area (Å²) in [6, 6.07) is 19.3. The van der Waals surface area contributed by atoms with Crippen molar-refractivity contribution in [1.82, 2.24) is 4.98 Å². The summed E-state index contributed by atoms with van der Waals surface area (Å²) >= 11 is 0. The number of rotatable bonds is 8. The molecule has 0 aliphatic heterocycles. The molecule has 2 aromatic carbocycles. The number of hydrogen-bond acceptors (Lipinski definition) is 5. The molecule has 5 nitrogen and oxygen atoms in total. The Morgan fingerprint density at radius 1 is 1.02 bits per heavy atom. The predicted molar refractivity (Wildman–Crippen MR) is 158 cm³/mol. The number of ketones is 1. The minimum atomic E-state index is -0.377. The van der Waals surface area contributed by atoms with Crippen LogP contribution in [0.1, 0.15) is 65.5 Å². The molecule has 4 aromatic rings. The summed E-state index contributed by atoms with van der Waals surface area (Å²) < 4.78 is 11.5. The van der Waals surface area contributed by atoms with E-state index >= 15 is 0 Å².